The average Bonchev–Trinajstić information content (AvgIpc) is 3.39. The summed E-state index contributed by atoms with van der Waals surface area (Å²) in [6.45, 7) is 1.29. The molecule has 1 saturated heterocycles. The number of amides is 1. The molecule has 2 aromatic carbocycles. The summed E-state index contributed by atoms with van der Waals surface area (Å²) in [5.74, 6) is 0.551. The van der Waals surface area contributed by atoms with Crippen LogP contribution < -0.4 is 5.32 Å². The summed E-state index contributed by atoms with van der Waals surface area (Å²) in [4.78, 5) is 25.8. The number of hydrogen-bond donors (Lipinski definition) is 1. The largest absolute Gasteiger partial charge is 0.350 e. The van der Waals surface area contributed by atoms with Gasteiger partial charge in [0.2, 0.25) is 5.95 Å². The minimum absolute atomic E-state index is 0.0247. The van der Waals surface area contributed by atoms with Gasteiger partial charge >= 0.3 is 0 Å². The van der Waals surface area contributed by atoms with Gasteiger partial charge in [-0.15, -0.1) is 0 Å². The first-order valence-corrected chi connectivity index (χ1v) is 10.7. The van der Waals surface area contributed by atoms with Crippen LogP contribution >= 0.6 is 0 Å². The number of rotatable bonds is 5. The first-order valence-electron chi connectivity index (χ1n) is 10.7. The summed E-state index contributed by atoms with van der Waals surface area (Å²) in [7, 11) is 0. The second kappa shape index (κ2) is 8.97. The molecule has 4 aromatic rings. The lowest BCUT2D eigenvalue weighted by Crippen LogP contribution is -2.45. The lowest BCUT2D eigenvalue weighted by atomic mass is 10.0. The third-order valence-electron chi connectivity index (χ3n) is 5.54. The molecule has 1 atom stereocenters. The third-order valence-corrected chi connectivity index (χ3v) is 5.54. The quantitative estimate of drug-likeness (QED) is 0.527. The van der Waals surface area contributed by atoms with Crippen LogP contribution in [0.1, 0.15) is 23.2 Å². The number of carbonyl (C=O) groups is 1. The Morgan fingerprint density at radius 2 is 1.72 bits per heavy atom. The summed E-state index contributed by atoms with van der Waals surface area (Å²) in [6, 6.07) is 19.4. The predicted molar refractivity (Wildman–Crippen MR) is 121 cm³/mol. The van der Waals surface area contributed by atoms with Crippen LogP contribution in [0.3, 0.4) is 0 Å². The summed E-state index contributed by atoms with van der Waals surface area (Å²) in [5, 5.41) is 11.8. The Kier molecular flexibility index (Phi) is 5.57. The molecule has 1 N–H and O–H groups in total. The highest BCUT2D eigenvalue weighted by molar-refractivity contribution is 5.97. The van der Waals surface area contributed by atoms with E-state index in [4.69, 9.17) is 0 Å². The summed E-state index contributed by atoms with van der Waals surface area (Å²) in [5.41, 5.74) is 3.18. The molecule has 1 aliphatic heterocycles. The van der Waals surface area contributed by atoms with Gasteiger partial charge in [-0.3, -0.25) is 4.79 Å². The van der Waals surface area contributed by atoms with Crippen LogP contribution in [0.15, 0.2) is 79.3 Å². The van der Waals surface area contributed by atoms with E-state index >= 15 is 0 Å². The van der Waals surface area contributed by atoms with E-state index in [0.29, 0.717) is 30.3 Å². The van der Waals surface area contributed by atoms with E-state index < -0.39 is 0 Å². The van der Waals surface area contributed by atoms with Crippen molar-refractivity contribution in [2.24, 2.45) is 0 Å². The van der Waals surface area contributed by atoms with Crippen molar-refractivity contribution < 1.29 is 4.79 Å². The van der Waals surface area contributed by atoms with Crippen LogP contribution in [0.4, 0.5) is 5.95 Å². The fraction of sp³-hybridized carbons (Fsp3) is 0.208. The molecule has 0 saturated carbocycles. The Hall–Kier alpha value is -4.07. The van der Waals surface area contributed by atoms with Gasteiger partial charge in [0.1, 0.15) is 0 Å². The van der Waals surface area contributed by atoms with Crippen molar-refractivity contribution >= 4 is 11.9 Å². The molecule has 5 rings (SSSR count). The van der Waals surface area contributed by atoms with E-state index in [1.54, 1.807) is 18.6 Å². The lowest BCUT2D eigenvalue weighted by molar-refractivity contribution is 0.0714. The van der Waals surface area contributed by atoms with Gasteiger partial charge in [-0.2, -0.15) is 15.0 Å². The second-order valence-corrected chi connectivity index (χ2v) is 7.70. The van der Waals surface area contributed by atoms with Gasteiger partial charge in [0.05, 0.1) is 29.3 Å². The Balaban J connectivity index is 1.31. The van der Waals surface area contributed by atoms with Crippen LogP contribution in [0.2, 0.25) is 0 Å². The minimum Gasteiger partial charge on any atom is -0.350 e. The number of nitrogens with one attached hydrogen (secondary N) is 1. The zero-order valence-corrected chi connectivity index (χ0v) is 17.5. The number of nitrogens with zero attached hydrogens (tertiary/aromatic N) is 6. The first kappa shape index (κ1) is 19.9. The zero-order valence-electron chi connectivity index (χ0n) is 17.5. The molecule has 1 unspecified atom stereocenters. The molecular formula is C24H23N7O. The Labute approximate surface area is 185 Å². The standard InChI is InChI=1S/C24H23N7O/c32-23(20-10-4-5-11-22(20)31-26-14-15-27-31)30-16-6-9-19(17-30)28-24-25-13-12-21(29-24)18-7-2-1-3-8-18/h1-5,7-8,10-15,19H,6,9,16-17H2,(H,25,28,29). The van der Waals surface area contributed by atoms with E-state index in [9.17, 15) is 4.79 Å². The van der Waals surface area contributed by atoms with Crippen molar-refractivity contribution in [3.05, 3.63) is 84.8 Å². The molecule has 0 bridgehead atoms. The molecule has 160 valence electrons. The fourth-order valence-corrected chi connectivity index (χ4v) is 4.00. The summed E-state index contributed by atoms with van der Waals surface area (Å²) >= 11 is 0. The number of para-hydroxylation sites is 1. The Bertz CT molecular complexity index is 1190. The zero-order chi connectivity index (χ0) is 21.8. The number of aromatic nitrogens is 5. The molecule has 3 heterocycles. The van der Waals surface area contributed by atoms with E-state index in [0.717, 1.165) is 24.1 Å². The molecule has 1 aliphatic rings. The molecule has 0 radical (unpaired) electrons. The van der Waals surface area contributed by atoms with Gasteiger partial charge in [-0.05, 0) is 31.0 Å². The number of likely N-dealkylation sites (tertiary alicyclic amines) is 1. The van der Waals surface area contributed by atoms with Crippen molar-refractivity contribution in [3.8, 4) is 16.9 Å². The van der Waals surface area contributed by atoms with E-state index in [-0.39, 0.29) is 11.9 Å². The average molecular weight is 425 g/mol. The van der Waals surface area contributed by atoms with Crippen LogP contribution in [-0.2, 0) is 0 Å². The molecule has 0 aliphatic carbocycles. The third kappa shape index (κ3) is 4.20. The monoisotopic (exact) mass is 425 g/mol. The normalized spacial score (nSPS) is 16.0. The van der Waals surface area contributed by atoms with Crippen molar-refractivity contribution in [3.63, 3.8) is 0 Å². The van der Waals surface area contributed by atoms with Crippen molar-refractivity contribution in [2.75, 3.05) is 18.4 Å². The number of piperidine rings is 1. The van der Waals surface area contributed by atoms with Gasteiger partial charge in [0, 0.05) is 30.9 Å². The molecule has 2 aromatic heterocycles. The summed E-state index contributed by atoms with van der Waals surface area (Å²) in [6.07, 6.45) is 6.82. The Morgan fingerprint density at radius 3 is 2.56 bits per heavy atom. The first-order chi connectivity index (χ1) is 15.8. The highest BCUT2D eigenvalue weighted by Crippen LogP contribution is 2.21. The maximum Gasteiger partial charge on any atom is 0.256 e. The lowest BCUT2D eigenvalue weighted by Gasteiger charge is -2.33. The molecule has 1 amide bonds. The van der Waals surface area contributed by atoms with Crippen LogP contribution in [-0.4, -0.2) is 54.9 Å². The van der Waals surface area contributed by atoms with E-state index in [2.05, 4.69) is 25.5 Å². The Morgan fingerprint density at radius 1 is 0.938 bits per heavy atom. The summed E-state index contributed by atoms with van der Waals surface area (Å²) < 4.78 is 0. The molecule has 32 heavy (non-hydrogen) atoms. The van der Waals surface area contributed by atoms with E-state index in [1.165, 1.54) is 4.80 Å². The second-order valence-electron chi connectivity index (χ2n) is 7.70. The van der Waals surface area contributed by atoms with E-state index in [1.807, 2.05) is 65.6 Å². The van der Waals surface area contributed by atoms with Crippen molar-refractivity contribution in [1.29, 1.82) is 0 Å². The van der Waals surface area contributed by atoms with Gasteiger partial charge in [-0.25, -0.2) is 9.97 Å². The van der Waals surface area contributed by atoms with Crippen LogP contribution in [0, 0.1) is 0 Å². The SMILES string of the molecule is O=C(c1ccccc1-n1nccn1)N1CCCC(Nc2nccc(-c3ccccc3)n2)C1. The highest BCUT2D eigenvalue weighted by atomic mass is 16.2. The van der Waals surface area contributed by atoms with Crippen molar-refractivity contribution in [1.82, 2.24) is 29.9 Å². The van der Waals surface area contributed by atoms with Crippen LogP contribution in [0.25, 0.3) is 16.9 Å². The van der Waals surface area contributed by atoms with Gasteiger partial charge in [-0.1, -0.05) is 42.5 Å². The maximum atomic E-state index is 13.4. The molecule has 1 fully saturated rings. The topological polar surface area (TPSA) is 88.8 Å². The van der Waals surface area contributed by atoms with Gasteiger partial charge < -0.3 is 10.2 Å². The van der Waals surface area contributed by atoms with Gasteiger partial charge in [0.25, 0.3) is 5.91 Å². The van der Waals surface area contributed by atoms with Crippen molar-refractivity contribution in [2.45, 2.75) is 18.9 Å². The number of anilines is 1. The molecule has 0 spiro atoms. The molecule has 8 heteroatoms. The number of hydrogen-bond acceptors (Lipinski definition) is 6. The number of carbonyl (C=O) groups excluding carboxylic acids is 1. The van der Waals surface area contributed by atoms with Crippen LogP contribution in [0.5, 0.6) is 0 Å². The molecular weight excluding hydrogens is 402 g/mol. The maximum absolute atomic E-state index is 13.4. The highest BCUT2D eigenvalue weighted by Gasteiger charge is 2.27. The fourth-order valence-electron chi connectivity index (χ4n) is 4.00. The van der Waals surface area contributed by atoms with Gasteiger partial charge in [0.15, 0.2) is 0 Å². The number of benzene rings is 2. The molecule has 8 nitrogen and oxygen atoms in total. The smallest absolute Gasteiger partial charge is 0.256 e. The predicted octanol–water partition coefficient (Wildman–Crippen LogP) is 3.44. The minimum atomic E-state index is -0.0247.